The Morgan fingerprint density at radius 1 is 1.14 bits per heavy atom. The summed E-state index contributed by atoms with van der Waals surface area (Å²) in [5, 5.41) is 10.5. The van der Waals surface area contributed by atoms with Crippen LogP contribution in [0.4, 0.5) is 0 Å². The molecule has 0 aromatic heterocycles. The van der Waals surface area contributed by atoms with Crippen LogP contribution in [0.3, 0.4) is 0 Å². The lowest BCUT2D eigenvalue weighted by Gasteiger charge is -2.41. The van der Waals surface area contributed by atoms with Crippen LogP contribution in [0.2, 0.25) is 0 Å². The second kappa shape index (κ2) is 4.60. The fourth-order valence-electron chi connectivity index (χ4n) is 2.51. The highest BCUT2D eigenvalue weighted by molar-refractivity contribution is 4.99. The van der Waals surface area contributed by atoms with E-state index in [1.807, 2.05) is 6.92 Å². The molecule has 84 valence electrons. The highest BCUT2D eigenvalue weighted by atomic mass is 16.5. The number of methoxy groups -OCH3 is 2. The normalized spacial score (nSPS) is 21.4. The quantitative estimate of drug-likeness (QED) is 0.736. The number of rotatable bonds is 5. The summed E-state index contributed by atoms with van der Waals surface area (Å²) in [7, 11) is 3.35. The van der Waals surface area contributed by atoms with Crippen molar-refractivity contribution in [3.8, 4) is 0 Å². The molecule has 0 saturated heterocycles. The molecule has 1 rings (SSSR count). The van der Waals surface area contributed by atoms with Crippen molar-refractivity contribution in [2.45, 2.75) is 38.2 Å². The predicted molar refractivity (Wildman–Crippen MR) is 55.3 cm³/mol. The lowest BCUT2D eigenvalue weighted by Crippen LogP contribution is -2.50. The molecular weight excluding hydrogens is 180 g/mol. The van der Waals surface area contributed by atoms with E-state index < -0.39 is 5.60 Å². The molecule has 0 unspecified atom stereocenters. The summed E-state index contributed by atoms with van der Waals surface area (Å²) in [6.07, 6.45) is 3.96. The minimum atomic E-state index is -0.598. The molecule has 0 spiro atoms. The summed E-state index contributed by atoms with van der Waals surface area (Å²) in [4.78, 5) is 0. The monoisotopic (exact) mass is 202 g/mol. The summed E-state index contributed by atoms with van der Waals surface area (Å²) < 4.78 is 10.4. The molecule has 0 heterocycles. The van der Waals surface area contributed by atoms with Gasteiger partial charge >= 0.3 is 0 Å². The van der Waals surface area contributed by atoms with E-state index in [-0.39, 0.29) is 5.41 Å². The van der Waals surface area contributed by atoms with Gasteiger partial charge in [0.2, 0.25) is 0 Å². The first-order valence-corrected chi connectivity index (χ1v) is 5.28. The molecule has 0 radical (unpaired) electrons. The standard InChI is InChI=1S/C11H22O3/c1-10(8-13-2,9-14-3)11(12)6-4-5-7-11/h12H,4-9H2,1-3H3. The molecule has 3 heteroatoms. The highest BCUT2D eigenvalue weighted by Gasteiger charge is 2.48. The van der Waals surface area contributed by atoms with E-state index in [2.05, 4.69) is 0 Å². The third-order valence-electron chi connectivity index (χ3n) is 3.48. The molecule has 1 N–H and O–H groups in total. The van der Waals surface area contributed by atoms with Gasteiger partial charge in [-0.3, -0.25) is 0 Å². The molecule has 0 amide bonds. The summed E-state index contributed by atoms with van der Waals surface area (Å²) in [5.41, 5.74) is -0.869. The smallest absolute Gasteiger partial charge is 0.0745 e. The maximum Gasteiger partial charge on any atom is 0.0745 e. The second-order valence-corrected chi connectivity index (χ2v) is 4.67. The first-order valence-electron chi connectivity index (χ1n) is 5.28. The summed E-state index contributed by atoms with van der Waals surface area (Å²) >= 11 is 0. The van der Waals surface area contributed by atoms with Crippen LogP contribution in [0.25, 0.3) is 0 Å². The van der Waals surface area contributed by atoms with Gasteiger partial charge in [-0.25, -0.2) is 0 Å². The number of aliphatic hydroxyl groups is 1. The van der Waals surface area contributed by atoms with Crippen molar-refractivity contribution in [2.75, 3.05) is 27.4 Å². The van der Waals surface area contributed by atoms with Crippen molar-refractivity contribution in [3.63, 3.8) is 0 Å². The van der Waals surface area contributed by atoms with Crippen LogP contribution < -0.4 is 0 Å². The Bertz CT molecular complexity index is 167. The van der Waals surface area contributed by atoms with Crippen LogP contribution in [0.1, 0.15) is 32.6 Å². The molecule has 1 aliphatic rings. The van der Waals surface area contributed by atoms with Crippen molar-refractivity contribution in [1.29, 1.82) is 0 Å². The number of hydrogen-bond donors (Lipinski definition) is 1. The average molecular weight is 202 g/mol. The van der Waals surface area contributed by atoms with Gasteiger partial charge in [-0.1, -0.05) is 19.8 Å². The van der Waals surface area contributed by atoms with E-state index in [0.29, 0.717) is 13.2 Å². The summed E-state index contributed by atoms with van der Waals surface area (Å²) in [6.45, 7) is 3.15. The van der Waals surface area contributed by atoms with E-state index in [4.69, 9.17) is 9.47 Å². The Hall–Kier alpha value is -0.120. The van der Waals surface area contributed by atoms with E-state index in [1.54, 1.807) is 14.2 Å². The van der Waals surface area contributed by atoms with Gasteiger partial charge in [0.05, 0.1) is 18.8 Å². The molecule has 1 aliphatic carbocycles. The van der Waals surface area contributed by atoms with Crippen LogP contribution >= 0.6 is 0 Å². The fourth-order valence-corrected chi connectivity index (χ4v) is 2.51. The van der Waals surface area contributed by atoms with Crippen molar-refractivity contribution >= 4 is 0 Å². The van der Waals surface area contributed by atoms with Gasteiger partial charge in [0.25, 0.3) is 0 Å². The molecule has 3 nitrogen and oxygen atoms in total. The first-order chi connectivity index (χ1) is 6.58. The molecule has 14 heavy (non-hydrogen) atoms. The van der Waals surface area contributed by atoms with Gasteiger partial charge in [0.15, 0.2) is 0 Å². The van der Waals surface area contributed by atoms with Crippen LogP contribution in [0, 0.1) is 5.41 Å². The molecule has 0 aromatic rings. The van der Waals surface area contributed by atoms with Crippen LogP contribution in [0.15, 0.2) is 0 Å². The molecule has 0 aliphatic heterocycles. The van der Waals surface area contributed by atoms with E-state index in [9.17, 15) is 5.11 Å². The highest BCUT2D eigenvalue weighted by Crippen LogP contribution is 2.44. The minimum absolute atomic E-state index is 0.271. The van der Waals surface area contributed by atoms with Gasteiger partial charge in [-0.05, 0) is 12.8 Å². The lowest BCUT2D eigenvalue weighted by molar-refractivity contribution is -0.130. The van der Waals surface area contributed by atoms with Crippen LogP contribution in [0.5, 0.6) is 0 Å². The third-order valence-corrected chi connectivity index (χ3v) is 3.48. The predicted octanol–water partition coefficient (Wildman–Crippen LogP) is 1.59. The zero-order valence-electron chi connectivity index (χ0n) is 9.51. The molecule has 1 fully saturated rings. The Balaban J connectivity index is 2.73. The summed E-state index contributed by atoms with van der Waals surface area (Å²) in [6, 6.07) is 0. The number of ether oxygens (including phenoxy) is 2. The molecule has 0 atom stereocenters. The summed E-state index contributed by atoms with van der Waals surface area (Å²) in [5.74, 6) is 0. The molecular formula is C11H22O3. The molecule has 0 bridgehead atoms. The largest absolute Gasteiger partial charge is 0.389 e. The fraction of sp³-hybridized carbons (Fsp3) is 1.00. The Morgan fingerprint density at radius 2 is 1.57 bits per heavy atom. The second-order valence-electron chi connectivity index (χ2n) is 4.67. The van der Waals surface area contributed by atoms with Crippen molar-refractivity contribution < 1.29 is 14.6 Å². The van der Waals surface area contributed by atoms with Crippen LogP contribution in [-0.2, 0) is 9.47 Å². The Labute approximate surface area is 86.4 Å². The number of hydrogen-bond acceptors (Lipinski definition) is 3. The Morgan fingerprint density at radius 3 is 1.93 bits per heavy atom. The van der Waals surface area contributed by atoms with Crippen molar-refractivity contribution in [1.82, 2.24) is 0 Å². The van der Waals surface area contributed by atoms with E-state index in [0.717, 1.165) is 25.7 Å². The van der Waals surface area contributed by atoms with Gasteiger partial charge in [-0.2, -0.15) is 0 Å². The first kappa shape index (κ1) is 12.0. The Kier molecular flexibility index (Phi) is 3.93. The zero-order valence-corrected chi connectivity index (χ0v) is 9.51. The van der Waals surface area contributed by atoms with Gasteiger partial charge in [-0.15, -0.1) is 0 Å². The third kappa shape index (κ3) is 2.10. The maximum atomic E-state index is 10.5. The van der Waals surface area contributed by atoms with Gasteiger partial charge in [0.1, 0.15) is 0 Å². The minimum Gasteiger partial charge on any atom is -0.389 e. The zero-order chi connectivity index (χ0) is 10.7. The van der Waals surface area contributed by atoms with E-state index in [1.165, 1.54) is 0 Å². The topological polar surface area (TPSA) is 38.7 Å². The SMILES string of the molecule is COCC(C)(COC)C1(O)CCCC1. The maximum absolute atomic E-state index is 10.5. The average Bonchev–Trinajstić information content (AvgIpc) is 2.54. The van der Waals surface area contributed by atoms with E-state index >= 15 is 0 Å². The van der Waals surface area contributed by atoms with Crippen LogP contribution in [-0.4, -0.2) is 38.1 Å². The lowest BCUT2D eigenvalue weighted by atomic mass is 9.73. The van der Waals surface area contributed by atoms with Gasteiger partial charge < -0.3 is 14.6 Å². The molecule has 1 saturated carbocycles. The van der Waals surface area contributed by atoms with Crippen molar-refractivity contribution in [3.05, 3.63) is 0 Å². The van der Waals surface area contributed by atoms with Gasteiger partial charge in [0, 0.05) is 19.6 Å². The van der Waals surface area contributed by atoms with Crippen molar-refractivity contribution in [2.24, 2.45) is 5.41 Å². The molecule has 0 aromatic carbocycles.